The number of thioether (sulfide) groups is 1. The van der Waals surface area contributed by atoms with Crippen LogP contribution in [0.2, 0.25) is 0 Å². The van der Waals surface area contributed by atoms with Gasteiger partial charge in [-0.05, 0) is 85.1 Å². The fourth-order valence-electron chi connectivity index (χ4n) is 4.42. The minimum absolute atomic E-state index is 0.323. The van der Waals surface area contributed by atoms with Crippen LogP contribution >= 0.6 is 23.1 Å². The molecule has 2 aliphatic rings. The summed E-state index contributed by atoms with van der Waals surface area (Å²) in [5, 5.41) is 13.2. The monoisotopic (exact) mass is 506 g/mol. The highest BCUT2D eigenvalue weighted by Crippen LogP contribution is 2.28. The molecule has 0 unspecified atom stereocenters. The SMILES string of the molecule is O=C1NC(=O)/C(=C/c2ccnc(N[C@H]3CC[C@H](CNCc4cccnc4-c4ccsc4)CC3)n2)S1. The van der Waals surface area contributed by atoms with Crippen LogP contribution in [-0.4, -0.2) is 38.7 Å². The maximum atomic E-state index is 11.8. The van der Waals surface area contributed by atoms with Crippen molar-refractivity contribution in [2.45, 2.75) is 38.3 Å². The number of rotatable bonds is 8. The Hall–Kier alpha value is -3.08. The summed E-state index contributed by atoms with van der Waals surface area (Å²) in [6.45, 7) is 1.80. The molecule has 0 radical (unpaired) electrons. The molecule has 1 saturated heterocycles. The first kappa shape index (κ1) is 23.7. The van der Waals surface area contributed by atoms with Crippen molar-refractivity contribution >= 4 is 46.3 Å². The minimum Gasteiger partial charge on any atom is -0.351 e. The molecule has 10 heteroatoms. The molecule has 0 spiro atoms. The third kappa shape index (κ3) is 6.14. The molecule has 35 heavy (non-hydrogen) atoms. The van der Waals surface area contributed by atoms with E-state index in [0.717, 1.165) is 56.2 Å². The van der Waals surface area contributed by atoms with Crippen molar-refractivity contribution in [3.8, 4) is 11.3 Å². The van der Waals surface area contributed by atoms with Gasteiger partial charge in [0.2, 0.25) is 5.95 Å². The Morgan fingerprint density at radius 2 is 1.97 bits per heavy atom. The summed E-state index contributed by atoms with van der Waals surface area (Å²) in [7, 11) is 0. The number of hydrogen-bond acceptors (Lipinski definition) is 9. The highest BCUT2D eigenvalue weighted by molar-refractivity contribution is 8.18. The van der Waals surface area contributed by atoms with Crippen molar-refractivity contribution in [3.63, 3.8) is 0 Å². The largest absolute Gasteiger partial charge is 0.351 e. The summed E-state index contributed by atoms with van der Waals surface area (Å²) in [6.07, 6.45) is 9.52. The van der Waals surface area contributed by atoms with Crippen LogP contribution in [0, 0.1) is 5.92 Å². The van der Waals surface area contributed by atoms with Gasteiger partial charge in [-0.3, -0.25) is 19.9 Å². The molecular formula is C25H26N6O2S2. The van der Waals surface area contributed by atoms with Crippen LogP contribution in [0.15, 0.2) is 52.3 Å². The molecule has 2 fully saturated rings. The average molecular weight is 507 g/mol. The standard InChI is InChI=1S/C25H26N6O2S2/c32-23-21(35-25(33)31-23)12-20-7-10-28-24(30-20)29-19-5-3-16(4-6-19)13-26-14-17-2-1-9-27-22(17)18-8-11-34-15-18/h1-2,7-12,15-16,19,26H,3-6,13-14H2,(H,28,29,30)(H,31,32,33)/b21-12-/t16-,19-. The second-order valence-electron chi connectivity index (χ2n) is 8.67. The fourth-order valence-corrected chi connectivity index (χ4v) is 5.73. The molecule has 3 N–H and O–H groups in total. The van der Waals surface area contributed by atoms with Crippen LogP contribution in [0.25, 0.3) is 17.3 Å². The first-order chi connectivity index (χ1) is 17.1. The van der Waals surface area contributed by atoms with Gasteiger partial charge in [-0.2, -0.15) is 11.3 Å². The van der Waals surface area contributed by atoms with Gasteiger partial charge in [0.05, 0.1) is 16.3 Å². The van der Waals surface area contributed by atoms with Gasteiger partial charge in [0.1, 0.15) is 0 Å². The fraction of sp³-hybridized carbons (Fsp3) is 0.320. The lowest BCUT2D eigenvalue weighted by Gasteiger charge is -2.29. The molecule has 0 bridgehead atoms. The number of aromatic nitrogens is 3. The van der Waals surface area contributed by atoms with Crippen molar-refractivity contribution < 1.29 is 9.59 Å². The van der Waals surface area contributed by atoms with Gasteiger partial charge < -0.3 is 10.6 Å². The number of nitrogens with zero attached hydrogens (tertiary/aromatic N) is 3. The van der Waals surface area contributed by atoms with Crippen molar-refractivity contribution in [3.05, 3.63) is 63.6 Å². The zero-order valence-electron chi connectivity index (χ0n) is 19.1. The van der Waals surface area contributed by atoms with E-state index < -0.39 is 0 Å². The number of pyridine rings is 1. The number of nitrogens with one attached hydrogen (secondary N) is 3. The second-order valence-corrected chi connectivity index (χ2v) is 10.5. The Kier molecular flexibility index (Phi) is 7.51. The molecule has 0 aromatic carbocycles. The van der Waals surface area contributed by atoms with Crippen LogP contribution < -0.4 is 16.0 Å². The average Bonchev–Trinajstić information content (AvgIpc) is 3.50. The number of amides is 2. The molecule has 3 aromatic heterocycles. The third-order valence-electron chi connectivity index (χ3n) is 6.21. The van der Waals surface area contributed by atoms with Crippen molar-refractivity contribution in [2.75, 3.05) is 11.9 Å². The minimum atomic E-state index is -0.383. The Balaban J connectivity index is 1.09. The van der Waals surface area contributed by atoms with Gasteiger partial charge in [0.15, 0.2) is 0 Å². The summed E-state index contributed by atoms with van der Waals surface area (Å²) in [4.78, 5) is 36.9. The number of anilines is 1. The van der Waals surface area contributed by atoms with Gasteiger partial charge in [-0.15, -0.1) is 0 Å². The van der Waals surface area contributed by atoms with Crippen molar-refractivity contribution in [2.24, 2.45) is 5.92 Å². The third-order valence-corrected chi connectivity index (χ3v) is 7.71. The van der Waals surface area contributed by atoms with Crippen LogP contribution in [-0.2, 0) is 11.3 Å². The molecular weight excluding hydrogens is 480 g/mol. The number of imide groups is 1. The van der Waals surface area contributed by atoms with E-state index in [4.69, 9.17) is 0 Å². The lowest BCUT2D eigenvalue weighted by molar-refractivity contribution is -0.115. The lowest BCUT2D eigenvalue weighted by Crippen LogP contribution is -2.31. The van der Waals surface area contributed by atoms with Crippen LogP contribution in [0.5, 0.6) is 0 Å². The molecule has 1 saturated carbocycles. The van der Waals surface area contributed by atoms with Gasteiger partial charge in [0, 0.05) is 35.9 Å². The highest BCUT2D eigenvalue weighted by atomic mass is 32.2. The topological polar surface area (TPSA) is 109 Å². The summed E-state index contributed by atoms with van der Waals surface area (Å²) in [5.41, 5.74) is 4.07. The van der Waals surface area contributed by atoms with E-state index in [1.54, 1.807) is 29.7 Å². The Labute approximate surface area is 212 Å². The first-order valence-electron chi connectivity index (χ1n) is 11.7. The van der Waals surface area contributed by atoms with Crippen LogP contribution in [0.4, 0.5) is 10.7 Å². The Bertz CT molecular complexity index is 1220. The number of carbonyl (C=O) groups is 2. The van der Waals surface area contributed by atoms with Gasteiger partial charge in [-0.1, -0.05) is 6.07 Å². The Morgan fingerprint density at radius 1 is 1.09 bits per heavy atom. The van der Waals surface area contributed by atoms with E-state index in [1.165, 1.54) is 11.1 Å². The second kappa shape index (κ2) is 11.1. The molecule has 3 aromatic rings. The molecule has 8 nitrogen and oxygen atoms in total. The Morgan fingerprint density at radius 3 is 2.74 bits per heavy atom. The van der Waals surface area contributed by atoms with E-state index in [0.29, 0.717) is 28.5 Å². The number of carbonyl (C=O) groups excluding carboxylic acids is 2. The first-order valence-corrected chi connectivity index (χ1v) is 13.4. The molecule has 1 aliphatic heterocycles. The summed E-state index contributed by atoms with van der Waals surface area (Å²) in [6, 6.07) is 8.31. The predicted molar refractivity (Wildman–Crippen MR) is 140 cm³/mol. The molecule has 180 valence electrons. The van der Waals surface area contributed by atoms with Crippen LogP contribution in [0.1, 0.15) is 36.9 Å². The van der Waals surface area contributed by atoms with Gasteiger partial charge >= 0.3 is 0 Å². The molecule has 0 atom stereocenters. The zero-order chi connectivity index (χ0) is 24.0. The maximum absolute atomic E-state index is 11.8. The number of hydrogen-bond donors (Lipinski definition) is 3. The summed E-state index contributed by atoms with van der Waals surface area (Å²) < 4.78 is 0. The zero-order valence-corrected chi connectivity index (χ0v) is 20.7. The van der Waals surface area contributed by atoms with E-state index >= 15 is 0 Å². The maximum Gasteiger partial charge on any atom is 0.290 e. The van der Waals surface area contributed by atoms with E-state index in [2.05, 4.69) is 53.8 Å². The normalized spacial score (nSPS) is 21.3. The summed E-state index contributed by atoms with van der Waals surface area (Å²) >= 11 is 2.58. The van der Waals surface area contributed by atoms with Gasteiger partial charge in [-0.25, -0.2) is 9.97 Å². The highest BCUT2D eigenvalue weighted by Gasteiger charge is 2.25. The quantitative estimate of drug-likeness (QED) is 0.378. The molecule has 5 rings (SSSR count). The number of thiophene rings is 1. The molecule has 4 heterocycles. The lowest BCUT2D eigenvalue weighted by atomic mass is 9.86. The van der Waals surface area contributed by atoms with E-state index in [-0.39, 0.29) is 11.1 Å². The van der Waals surface area contributed by atoms with Crippen LogP contribution in [0.3, 0.4) is 0 Å². The van der Waals surface area contributed by atoms with Gasteiger partial charge in [0.25, 0.3) is 11.1 Å². The predicted octanol–water partition coefficient (Wildman–Crippen LogP) is 4.68. The van der Waals surface area contributed by atoms with Crippen molar-refractivity contribution in [1.82, 2.24) is 25.6 Å². The van der Waals surface area contributed by atoms with E-state index in [1.807, 2.05) is 12.3 Å². The molecule has 1 aliphatic carbocycles. The summed E-state index contributed by atoms with van der Waals surface area (Å²) in [5.74, 6) is 0.807. The van der Waals surface area contributed by atoms with Crippen molar-refractivity contribution in [1.29, 1.82) is 0 Å². The smallest absolute Gasteiger partial charge is 0.290 e. The molecule has 2 amide bonds. The van der Waals surface area contributed by atoms with E-state index in [9.17, 15) is 9.59 Å².